The van der Waals surface area contributed by atoms with Gasteiger partial charge in [-0.2, -0.15) is 57.9 Å². The van der Waals surface area contributed by atoms with Crippen LogP contribution in [0, 0.1) is 12.1 Å². The molecule has 0 aromatic heterocycles. The number of benzene rings is 3. The first-order valence-electron chi connectivity index (χ1n) is 9.65. The van der Waals surface area contributed by atoms with Crippen molar-refractivity contribution in [2.75, 3.05) is 0 Å². The van der Waals surface area contributed by atoms with Crippen LogP contribution in [-0.2, 0) is 65.4 Å². The number of fused-ring (bicyclic) bond motifs is 2. The summed E-state index contributed by atoms with van der Waals surface area (Å²) < 4.78 is 0. The van der Waals surface area contributed by atoms with E-state index in [9.17, 15) is 0 Å². The summed E-state index contributed by atoms with van der Waals surface area (Å²) in [6, 6.07) is 23.1. The Morgan fingerprint density at radius 3 is 0.714 bits per heavy atom. The van der Waals surface area contributed by atoms with E-state index >= 15 is 0 Å². The van der Waals surface area contributed by atoms with Gasteiger partial charge in [0.1, 0.15) is 0 Å². The summed E-state index contributed by atoms with van der Waals surface area (Å²) in [5.74, 6) is 0. The molecule has 0 aliphatic rings. The van der Waals surface area contributed by atoms with Gasteiger partial charge in [0.25, 0.3) is 0 Å². The molecule has 153 valence electrons. The van der Waals surface area contributed by atoms with Gasteiger partial charge in [-0.3, -0.25) is 0 Å². The van der Waals surface area contributed by atoms with Gasteiger partial charge in [0.05, 0.1) is 0 Å². The zero-order valence-corrected chi connectivity index (χ0v) is 25.0. The molecule has 0 N–H and O–H groups in total. The molecule has 0 aliphatic carbocycles. The molecule has 5 radical (unpaired) electrons. The Morgan fingerprint density at radius 2 is 0.571 bits per heavy atom. The second-order valence-corrected chi connectivity index (χ2v) is 3.34. The normalized spacial score (nSPS) is 6.50. The first-order chi connectivity index (χ1) is 11.9. The number of hydrogen-bond donors (Lipinski definition) is 0. The molecule has 0 fully saturated rings. The Labute approximate surface area is 230 Å². The molecule has 0 saturated heterocycles. The Morgan fingerprint density at radius 1 is 0.429 bits per heavy atom. The third-order valence-electron chi connectivity index (χ3n) is 2.39. The van der Waals surface area contributed by atoms with Crippen molar-refractivity contribution in [3.63, 3.8) is 0 Å². The van der Waals surface area contributed by atoms with Gasteiger partial charge in [-0.05, 0) is 0 Å². The minimum absolute atomic E-state index is 0. The van der Waals surface area contributed by atoms with Gasteiger partial charge >= 0.3 is 0 Å². The first-order valence-corrected chi connectivity index (χ1v) is 9.65. The quantitative estimate of drug-likeness (QED) is 0.154. The molecule has 0 atom stereocenters. The van der Waals surface area contributed by atoms with Gasteiger partial charge in [-0.25, -0.2) is 0 Å². The predicted octanol–water partition coefficient (Wildman–Crippen LogP) is 8.97. The molecule has 28 heavy (non-hydrogen) atoms. The van der Waals surface area contributed by atoms with Crippen LogP contribution in [0.2, 0.25) is 0 Å². The Balaban J connectivity index is -0.0000000561. The molecule has 0 nitrogen and oxygen atoms in total. The molecule has 0 aliphatic heterocycles. The van der Waals surface area contributed by atoms with E-state index in [2.05, 4.69) is 36.4 Å². The molecule has 3 aromatic carbocycles. The maximum Gasteiger partial charge on any atom is 0 e. The second kappa shape index (κ2) is 38.1. The third-order valence-corrected chi connectivity index (χ3v) is 2.39. The Kier molecular flexibility index (Phi) is 63.4. The number of rotatable bonds is 0. The topological polar surface area (TPSA) is 0 Å². The Hall–Kier alpha value is 0.453. The predicted molar refractivity (Wildman–Crippen MR) is 128 cm³/mol. The maximum absolute atomic E-state index is 3.38. The van der Waals surface area contributed by atoms with E-state index in [0.717, 1.165) is 21.5 Å². The van der Waals surface area contributed by atoms with E-state index in [1.807, 2.05) is 93.5 Å². The SMILES string of the molecule is C.CC.CC.CC.CC.CC.[B].[Y].[Y].[c-]1c2ccccc2[c-]c2ccccc12. The van der Waals surface area contributed by atoms with Crippen molar-refractivity contribution in [3.05, 3.63) is 60.7 Å². The van der Waals surface area contributed by atoms with Gasteiger partial charge < -0.3 is 0 Å². The van der Waals surface area contributed by atoms with Crippen molar-refractivity contribution in [2.24, 2.45) is 0 Å². The standard InChI is InChI=1S/C14H8.5C2H6.CH4.B.2Y/c1-2-6-12-10-14-8-4-3-7-13(14)9-11(12)5-1;5*1-2;;;;/h1-8H;5*1-2H3;1H4;;;/q-2;;;;;;;;;. The fourth-order valence-corrected chi connectivity index (χ4v) is 1.69. The maximum atomic E-state index is 3.38. The monoisotopic (exact) mass is 531 g/mol. The smallest absolute Gasteiger partial charge is 0 e. The van der Waals surface area contributed by atoms with Crippen molar-refractivity contribution in [2.45, 2.75) is 76.7 Å². The van der Waals surface area contributed by atoms with E-state index < -0.39 is 0 Å². The Bertz CT molecular complexity index is 505. The molecule has 0 unspecified atom stereocenters. The van der Waals surface area contributed by atoms with Crippen LogP contribution in [0.1, 0.15) is 76.7 Å². The van der Waals surface area contributed by atoms with Crippen molar-refractivity contribution in [3.8, 4) is 0 Å². The minimum atomic E-state index is 0. The van der Waals surface area contributed by atoms with Crippen LogP contribution in [0.15, 0.2) is 48.5 Å². The largest absolute Gasteiger partial charge is 0.199 e. The van der Waals surface area contributed by atoms with Gasteiger partial charge in [-0.1, -0.05) is 76.7 Å². The molecular formula is C25H42BY2-2. The minimum Gasteiger partial charge on any atom is -0.199 e. The molecule has 3 heteroatoms. The fourth-order valence-electron chi connectivity index (χ4n) is 1.69. The summed E-state index contributed by atoms with van der Waals surface area (Å²) in [4.78, 5) is 0. The van der Waals surface area contributed by atoms with E-state index in [1.165, 1.54) is 0 Å². The fraction of sp³-hybridized carbons (Fsp3) is 0.440. The second-order valence-electron chi connectivity index (χ2n) is 3.34. The van der Waals surface area contributed by atoms with Crippen LogP contribution in [0.3, 0.4) is 0 Å². The van der Waals surface area contributed by atoms with Crippen molar-refractivity contribution < 1.29 is 65.4 Å². The zero-order valence-electron chi connectivity index (χ0n) is 19.4. The molecule has 0 bridgehead atoms. The molecule has 3 aromatic rings. The summed E-state index contributed by atoms with van der Waals surface area (Å²) in [6.07, 6.45) is 0. The average molecular weight is 531 g/mol. The van der Waals surface area contributed by atoms with E-state index in [1.54, 1.807) is 0 Å². The van der Waals surface area contributed by atoms with Crippen LogP contribution in [0.4, 0.5) is 0 Å². The van der Waals surface area contributed by atoms with Gasteiger partial charge in [-0.15, -0.1) is 24.3 Å². The molecule has 0 saturated carbocycles. The summed E-state index contributed by atoms with van der Waals surface area (Å²) in [5, 5.41) is 4.52. The summed E-state index contributed by atoms with van der Waals surface area (Å²) >= 11 is 0. The van der Waals surface area contributed by atoms with Crippen LogP contribution in [0.25, 0.3) is 21.5 Å². The van der Waals surface area contributed by atoms with Gasteiger partial charge in [0.2, 0.25) is 0 Å². The van der Waals surface area contributed by atoms with Gasteiger partial charge in [0.15, 0.2) is 0 Å². The van der Waals surface area contributed by atoms with Crippen LogP contribution in [-0.4, -0.2) is 8.41 Å². The summed E-state index contributed by atoms with van der Waals surface area (Å²) in [5.41, 5.74) is 0. The number of hydrogen-bond acceptors (Lipinski definition) is 0. The van der Waals surface area contributed by atoms with Crippen molar-refractivity contribution in [1.82, 2.24) is 0 Å². The van der Waals surface area contributed by atoms with Crippen molar-refractivity contribution >= 4 is 30.0 Å². The van der Waals surface area contributed by atoms with Crippen LogP contribution < -0.4 is 0 Å². The third kappa shape index (κ3) is 18.5. The average Bonchev–Trinajstić information content (AvgIpc) is 2.74. The molecule has 0 spiro atoms. The van der Waals surface area contributed by atoms with Crippen LogP contribution in [0.5, 0.6) is 0 Å². The van der Waals surface area contributed by atoms with Gasteiger partial charge in [0, 0.05) is 73.8 Å². The summed E-state index contributed by atoms with van der Waals surface area (Å²) in [6.45, 7) is 20.0. The van der Waals surface area contributed by atoms with E-state index in [-0.39, 0.29) is 81.3 Å². The molecule has 3 rings (SSSR count). The zero-order chi connectivity index (χ0) is 19.4. The van der Waals surface area contributed by atoms with E-state index in [0.29, 0.717) is 0 Å². The van der Waals surface area contributed by atoms with E-state index in [4.69, 9.17) is 0 Å². The molecular weight excluding hydrogens is 489 g/mol. The molecule has 0 amide bonds. The van der Waals surface area contributed by atoms with Crippen molar-refractivity contribution in [1.29, 1.82) is 0 Å². The summed E-state index contributed by atoms with van der Waals surface area (Å²) in [7, 11) is 0. The first kappa shape index (κ1) is 46.6. The van der Waals surface area contributed by atoms with Crippen LogP contribution >= 0.6 is 0 Å². The molecule has 0 heterocycles.